The molecule has 0 amide bonds. The van der Waals surface area contributed by atoms with Crippen LogP contribution in [0, 0.1) is 0 Å². The summed E-state index contributed by atoms with van der Waals surface area (Å²) in [6.45, 7) is 0.00866. The van der Waals surface area contributed by atoms with Crippen LogP contribution in [-0.4, -0.2) is 25.2 Å². The third kappa shape index (κ3) is 8.64. The number of aryl methyl sites for hydroxylation is 2. The molecule has 7 nitrogen and oxygen atoms in total. The van der Waals surface area contributed by atoms with E-state index in [1.807, 2.05) is 0 Å². The predicted molar refractivity (Wildman–Crippen MR) is 118 cm³/mol. The zero-order valence-corrected chi connectivity index (χ0v) is 19.2. The Hall–Kier alpha value is -2.50. The van der Waals surface area contributed by atoms with E-state index in [0.717, 1.165) is 0 Å². The van der Waals surface area contributed by atoms with E-state index < -0.39 is 6.95 Å². The predicted octanol–water partition coefficient (Wildman–Crippen LogP) is 5.48. The SMILES string of the molecule is CCOC(=O)CCc1ccccc1OP(=O)(Cl)Oc1ccccc1CCC(=O)OCC. The van der Waals surface area contributed by atoms with Gasteiger partial charge in [-0.1, -0.05) is 36.4 Å². The maximum absolute atomic E-state index is 12.9. The van der Waals surface area contributed by atoms with Gasteiger partial charge in [0.05, 0.1) is 13.2 Å². The van der Waals surface area contributed by atoms with Crippen LogP contribution in [-0.2, 0) is 36.5 Å². The number of carbonyl (C=O) groups excluding carboxylic acids is 2. The van der Waals surface area contributed by atoms with Crippen molar-refractivity contribution in [2.45, 2.75) is 39.5 Å². The molecule has 2 rings (SSSR count). The summed E-state index contributed by atoms with van der Waals surface area (Å²) in [6, 6.07) is 13.7. The number of rotatable bonds is 12. The molecule has 0 N–H and O–H groups in total. The molecule has 0 spiro atoms. The zero-order chi connectivity index (χ0) is 22.7. The van der Waals surface area contributed by atoms with Gasteiger partial charge in [0.25, 0.3) is 0 Å². The van der Waals surface area contributed by atoms with Gasteiger partial charge in [-0.2, -0.15) is 0 Å². The molecule has 0 radical (unpaired) electrons. The molecule has 168 valence electrons. The van der Waals surface area contributed by atoms with E-state index in [1.54, 1.807) is 62.4 Å². The van der Waals surface area contributed by atoms with Gasteiger partial charge in [0, 0.05) is 24.1 Å². The van der Waals surface area contributed by atoms with Crippen molar-refractivity contribution in [3.63, 3.8) is 0 Å². The Morgan fingerprint density at radius 1 is 0.774 bits per heavy atom. The van der Waals surface area contributed by atoms with Gasteiger partial charge < -0.3 is 18.5 Å². The fourth-order valence-corrected chi connectivity index (χ4v) is 4.10. The molecule has 31 heavy (non-hydrogen) atoms. The molecule has 0 atom stereocenters. The molecule has 2 aromatic rings. The number of para-hydroxylation sites is 2. The van der Waals surface area contributed by atoms with Crippen LogP contribution >= 0.6 is 18.2 Å². The number of benzene rings is 2. The van der Waals surface area contributed by atoms with Crippen LogP contribution < -0.4 is 9.05 Å². The normalized spacial score (nSPS) is 10.9. The van der Waals surface area contributed by atoms with Crippen molar-refractivity contribution in [2.24, 2.45) is 0 Å². The molecule has 0 aromatic heterocycles. The van der Waals surface area contributed by atoms with Gasteiger partial charge in [-0.05, 0) is 49.9 Å². The van der Waals surface area contributed by atoms with Crippen LogP contribution in [0.1, 0.15) is 37.8 Å². The van der Waals surface area contributed by atoms with Gasteiger partial charge >= 0.3 is 18.9 Å². The molecule has 9 heteroatoms. The first-order chi connectivity index (χ1) is 14.8. The minimum absolute atomic E-state index is 0.151. The van der Waals surface area contributed by atoms with E-state index in [1.165, 1.54) is 0 Å². The van der Waals surface area contributed by atoms with Gasteiger partial charge in [0.15, 0.2) is 0 Å². The first kappa shape index (κ1) is 24.8. The molecule has 0 unspecified atom stereocenters. The highest BCUT2D eigenvalue weighted by atomic mass is 35.7. The zero-order valence-electron chi connectivity index (χ0n) is 17.5. The minimum Gasteiger partial charge on any atom is -0.466 e. The van der Waals surface area contributed by atoms with Crippen molar-refractivity contribution < 1.29 is 32.7 Å². The van der Waals surface area contributed by atoms with E-state index >= 15 is 0 Å². The number of carbonyl (C=O) groups is 2. The fourth-order valence-electron chi connectivity index (χ4n) is 2.79. The molecule has 0 aliphatic heterocycles. The Labute approximate surface area is 186 Å². The smallest absolute Gasteiger partial charge is 0.466 e. The Morgan fingerprint density at radius 2 is 1.16 bits per heavy atom. The van der Waals surface area contributed by atoms with Crippen molar-refractivity contribution in [2.75, 3.05) is 13.2 Å². The number of ether oxygens (including phenoxy) is 2. The average molecular weight is 469 g/mol. The molecular weight excluding hydrogens is 443 g/mol. The Kier molecular flexibility index (Phi) is 9.89. The van der Waals surface area contributed by atoms with Gasteiger partial charge in [-0.15, -0.1) is 0 Å². The van der Waals surface area contributed by atoms with Gasteiger partial charge in [0.1, 0.15) is 11.5 Å². The molecule has 0 saturated carbocycles. The second kappa shape index (κ2) is 12.4. The molecule has 2 aromatic carbocycles. The number of halogens is 1. The highest BCUT2D eigenvalue weighted by Crippen LogP contribution is 2.54. The van der Waals surface area contributed by atoms with Crippen LogP contribution in [0.25, 0.3) is 0 Å². The van der Waals surface area contributed by atoms with Crippen LogP contribution in [0.3, 0.4) is 0 Å². The Morgan fingerprint density at radius 3 is 1.55 bits per heavy atom. The summed E-state index contributed by atoms with van der Waals surface area (Å²) in [6.07, 6.45) is 0.973. The lowest BCUT2D eigenvalue weighted by Crippen LogP contribution is -2.07. The van der Waals surface area contributed by atoms with Crippen LogP contribution in [0.4, 0.5) is 0 Å². The van der Waals surface area contributed by atoms with Crippen molar-refractivity contribution in [1.29, 1.82) is 0 Å². The summed E-state index contributed by atoms with van der Waals surface area (Å²) in [7, 11) is 0. The fraction of sp³-hybridized carbons (Fsp3) is 0.364. The standard InChI is InChI=1S/C22H26ClO7P/c1-3-27-21(24)15-13-17-9-5-7-11-19(17)29-31(23,26)30-20-12-8-6-10-18(20)14-16-22(25)28-4-2/h5-12H,3-4,13-16H2,1-2H3. The maximum Gasteiger partial charge on any atom is 0.530 e. The first-order valence-corrected chi connectivity index (χ1v) is 12.4. The first-order valence-electron chi connectivity index (χ1n) is 10.0. The monoisotopic (exact) mass is 468 g/mol. The lowest BCUT2D eigenvalue weighted by atomic mass is 10.1. The Bertz CT molecular complexity index is 860. The van der Waals surface area contributed by atoms with E-state index in [9.17, 15) is 14.2 Å². The molecule has 0 bridgehead atoms. The van der Waals surface area contributed by atoms with Crippen LogP contribution in [0.15, 0.2) is 48.5 Å². The second-order valence-electron chi connectivity index (χ2n) is 6.44. The van der Waals surface area contributed by atoms with Crippen LogP contribution in [0.5, 0.6) is 11.5 Å². The van der Waals surface area contributed by atoms with Crippen molar-refractivity contribution >= 4 is 30.1 Å². The summed E-state index contributed by atoms with van der Waals surface area (Å²) in [5, 5.41) is 0. The summed E-state index contributed by atoms with van der Waals surface area (Å²) in [5.41, 5.74) is 1.30. The van der Waals surface area contributed by atoms with Crippen molar-refractivity contribution in [3.05, 3.63) is 59.7 Å². The summed E-state index contributed by atoms with van der Waals surface area (Å²) >= 11 is 6.10. The van der Waals surface area contributed by atoms with E-state index in [0.29, 0.717) is 37.2 Å². The second-order valence-corrected chi connectivity index (χ2v) is 8.91. The molecule has 0 aliphatic carbocycles. The summed E-state index contributed by atoms with van der Waals surface area (Å²) < 4.78 is 33.7. The summed E-state index contributed by atoms with van der Waals surface area (Å²) in [5.74, 6) is -0.153. The maximum atomic E-state index is 12.9. The van der Waals surface area contributed by atoms with Gasteiger partial charge in [-0.25, -0.2) is 4.57 Å². The van der Waals surface area contributed by atoms with Crippen molar-refractivity contribution in [1.82, 2.24) is 0 Å². The Balaban J connectivity index is 2.08. The molecule has 0 heterocycles. The third-order valence-corrected chi connectivity index (χ3v) is 5.41. The van der Waals surface area contributed by atoms with E-state index in [4.69, 9.17) is 29.8 Å². The molecule has 0 saturated heterocycles. The lowest BCUT2D eigenvalue weighted by Gasteiger charge is -2.18. The quantitative estimate of drug-likeness (QED) is 0.301. The number of esters is 2. The molecule has 0 aliphatic rings. The highest BCUT2D eigenvalue weighted by Gasteiger charge is 2.27. The largest absolute Gasteiger partial charge is 0.530 e. The van der Waals surface area contributed by atoms with Gasteiger partial charge in [0.2, 0.25) is 0 Å². The third-order valence-electron chi connectivity index (χ3n) is 4.17. The molecule has 0 fully saturated rings. The summed E-state index contributed by atoms with van der Waals surface area (Å²) in [4.78, 5) is 23.3. The highest BCUT2D eigenvalue weighted by molar-refractivity contribution is 7.82. The topological polar surface area (TPSA) is 88.1 Å². The van der Waals surface area contributed by atoms with E-state index in [-0.39, 0.29) is 36.3 Å². The lowest BCUT2D eigenvalue weighted by molar-refractivity contribution is -0.144. The van der Waals surface area contributed by atoms with Crippen LogP contribution in [0.2, 0.25) is 0 Å². The molecular formula is C22H26ClO7P. The average Bonchev–Trinajstić information content (AvgIpc) is 2.72. The number of hydrogen-bond acceptors (Lipinski definition) is 7. The van der Waals surface area contributed by atoms with Crippen molar-refractivity contribution in [3.8, 4) is 11.5 Å². The number of hydrogen-bond donors (Lipinski definition) is 0. The van der Waals surface area contributed by atoms with E-state index in [2.05, 4.69) is 0 Å². The van der Waals surface area contributed by atoms with Gasteiger partial charge in [-0.3, -0.25) is 9.59 Å². The minimum atomic E-state index is -4.07.